The van der Waals surface area contributed by atoms with E-state index < -0.39 is 16.0 Å². The van der Waals surface area contributed by atoms with E-state index in [0.29, 0.717) is 22.9 Å². The van der Waals surface area contributed by atoms with Crippen molar-refractivity contribution in [3.05, 3.63) is 18.2 Å². The van der Waals surface area contributed by atoms with Gasteiger partial charge in [0.05, 0.1) is 22.3 Å². The molecule has 21 heavy (non-hydrogen) atoms. The van der Waals surface area contributed by atoms with Crippen molar-refractivity contribution in [2.24, 2.45) is 0 Å². The number of hydrogen-bond donors (Lipinski definition) is 1. The second kappa shape index (κ2) is 6.93. The predicted octanol–water partition coefficient (Wildman–Crippen LogP) is 1.79. The van der Waals surface area contributed by atoms with Gasteiger partial charge in [0.15, 0.2) is 0 Å². The highest BCUT2D eigenvalue weighted by molar-refractivity contribution is 7.86. The van der Waals surface area contributed by atoms with Crippen molar-refractivity contribution in [3.8, 4) is 5.75 Å². The maximum Gasteiger partial charge on any atom is 0.238 e. The van der Waals surface area contributed by atoms with E-state index in [4.69, 9.17) is 10.5 Å². The van der Waals surface area contributed by atoms with Gasteiger partial charge < -0.3 is 15.4 Å². The summed E-state index contributed by atoms with van der Waals surface area (Å²) in [4.78, 5) is 14.6. The first-order valence-corrected chi connectivity index (χ1v) is 8.47. The minimum absolute atomic E-state index is 0.0629. The number of rotatable bonds is 5. The molecule has 1 heterocycles. The summed E-state index contributed by atoms with van der Waals surface area (Å²) in [5.74, 6) is 0.558. The second-order valence-corrected chi connectivity index (χ2v) is 6.85. The summed E-state index contributed by atoms with van der Waals surface area (Å²) >= 11 is 0. The van der Waals surface area contributed by atoms with Gasteiger partial charge in [0, 0.05) is 18.8 Å². The molecule has 1 aliphatic heterocycles. The van der Waals surface area contributed by atoms with Crippen LogP contribution in [-0.2, 0) is 15.6 Å². The first-order valence-electron chi connectivity index (χ1n) is 7.26. The molecule has 2 atom stereocenters. The Labute approximate surface area is 127 Å². The largest absolute Gasteiger partial charge is 0.494 e. The average molecular weight is 310 g/mol. The third kappa shape index (κ3) is 3.56. The zero-order valence-corrected chi connectivity index (χ0v) is 13.3. The Morgan fingerprint density at radius 2 is 2.10 bits per heavy atom. The van der Waals surface area contributed by atoms with Crippen LogP contribution in [0.5, 0.6) is 5.75 Å². The lowest BCUT2D eigenvalue weighted by molar-refractivity contribution is -0.129. The summed E-state index contributed by atoms with van der Waals surface area (Å²) in [6, 6.07) is 5.08. The number of carbonyl (C=O) groups excluding carboxylic acids is 1. The molecule has 0 aliphatic carbocycles. The lowest BCUT2D eigenvalue weighted by atomic mass is 10.3. The van der Waals surface area contributed by atoms with Crippen LogP contribution in [0.4, 0.5) is 5.69 Å². The first-order chi connectivity index (χ1) is 10.0. The summed E-state index contributed by atoms with van der Waals surface area (Å²) in [5.41, 5.74) is 6.33. The van der Waals surface area contributed by atoms with Crippen LogP contribution >= 0.6 is 0 Å². The number of nitrogen functional groups attached to an aromatic ring is 1. The standard InChI is InChI=1S/C15H22N2O3S/c1-3-20-12-6-7-13(16)14(10-12)21(19)11(2)15(18)17-8-4-5-9-17/h6-7,10-11H,3-5,8-9,16H2,1-2H3. The zero-order valence-electron chi connectivity index (χ0n) is 12.5. The molecule has 2 N–H and O–H groups in total. The minimum Gasteiger partial charge on any atom is -0.494 e. The van der Waals surface area contributed by atoms with Gasteiger partial charge in [-0.05, 0) is 44.9 Å². The van der Waals surface area contributed by atoms with Gasteiger partial charge in [0.1, 0.15) is 11.0 Å². The van der Waals surface area contributed by atoms with Gasteiger partial charge in [-0.3, -0.25) is 9.00 Å². The molecule has 1 aromatic rings. The molecule has 0 spiro atoms. The summed E-state index contributed by atoms with van der Waals surface area (Å²) < 4.78 is 18.1. The lowest BCUT2D eigenvalue weighted by Crippen LogP contribution is -2.37. The Bertz CT molecular complexity index is 542. The van der Waals surface area contributed by atoms with Crippen molar-refractivity contribution in [1.82, 2.24) is 4.90 Å². The molecule has 1 aliphatic rings. The Morgan fingerprint density at radius 1 is 1.43 bits per heavy atom. The monoisotopic (exact) mass is 310 g/mol. The van der Waals surface area contributed by atoms with Crippen LogP contribution in [0.2, 0.25) is 0 Å². The van der Waals surface area contributed by atoms with E-state index in [2.05, 4.69) is 0 Å². The van der Waals surface area contributed by atoms with Gasteiger partial charge in [-0.2, -0.15) is 0 Å². The predicted molar refractivity (Wildman–Crippen MR) is 83.7 cm³/mol. The summed E-state index contributed by atoms with van der Waals surface area (Å²) in [6.45, 7) is 5.62. The van der Waals surface area contributed by atoms with Crippen molar-refractivity contribution >= 4 is 22.4 Å². The number of ether oxygens (including phenoxy) is 1. The summed E-state index contributed by atoms with van der Waals surface area (Å²) in [6.07, 6.45) is 2.04. The van der Waals surface area contributed by atoms with E-state index in [1.807, 2.05) is 6.92 Å². The van der Waals surface area contributed by atoms with Crippen molar-refractivity contribution in [2.45, 2.75) is 36.8 Å². The van der Waals surface area contributed by atoms with E-state index in [-0.39, 0.29) is 5.91 Å². The van der Waals surface area contributed by atoms with Crippen molar-refractivity contribution < 1.29 is 13.7 Å². The van der Waals surface area contributed by atoms with Crippen LogP contribution in [0.3, 0.4) is 0 Å². The van der Waals surface area contributed by atoms with Crippen LogP contribution in [0.1, 0.15) is 26.7 Å². The summed E-state index contributed by atoms with van der Waals surface area (Å²) in [7, 11) is -1.48. The number of anilines is 1. The molecule has 1 amide bonds. The molecule has 0 radical (unpaired) electrons. The summed E-state index contributed by atoms with van der Waals surface area (Å²) in [5, 5.41) is -0.595. The third-order valence-electron chi connectivity index (χ3n) is 3.60. The highest BCUT2D eigenvalue weighted by Crippen LogP contribution is 2.26. The van der Waals surface area contributed by atoms with Crippen LogP contribution in [-0.4, -0.2) is 40.0 Å². The molecular weight excluding hydrogens is 288 g/mol. The highest BCUT2D eigenvalue weighted by atomic mass is 32.2. The van der Waals surface area contributed by atoms with Gasteiger partial charge in [0.2, 0.25) is 5.91 Å². The minimum atomic E-state index is -1.48. The molecule has 1 fully saturated rings. The van der Waals surface area contributed by atoms with Gasteiger partial charge >= 0.3 is 0 Å². The normalized spacial score (nSPS) is 17.5. The quantitative estimate of drug-likeness (QED) is 0.842. The molecule has 5 nitrogen and oxygen atoms in total. The fourth-order valence-corrected chi connectivity index (χ4v) is 3.67. The number of amides is 1. The van der Waals surface area contributed by atoms with E-state index in [1.165, 1.54) is 0 Å². The van der Waals surface area contributed by atoms with Crippen molar-refractivity contribution in [3.63, 3.8) is 0 Å². The Morgan fingerprint density at radius 3 is 2.71 bits per heavy atom. The maximum atomic E-state index is 12.6. The number of benzene rings is 1. The number of hydrogen-bond acceptors (Lipinski definition) is 4. The van der Waals surface area contributed by atoms with Gasteiger partial charge in [-0.25, -0.2) is 0 Å². The van der Waals surface area contributed by atoms with E-state index in [9.17, 15) is 9.00 Å². The Balaban J connectivity index is 2.18. The fourth-order valence-electron chi connectivity index (χ4n) is 2.42. The Kier molecular flexibility index (Phi) is 5.22. The number of nitrogens with two attached hydrogens (primary N) is 1. The molecule has 6 heteroatoms. The second-order valence-electron chi connectivity index (χ2n) is 5.10. The smallest absolute Gasteiger partial charge is 0.238 e. The number of nitrogens with zero attached hydrogens (tertiary/aromatic N) is 1. The Hall–Kier alpha value is -1.56. The highest BCUT2D eigenvalue weighted by Gasteiger charge is 2.29. The molecule has 0 bridgehead atoms. The molecule has 1 aromatic carbocycles. The van der Waals surface area contributed by atoms with E-state index in [1.54, 1.807) is 30.0 Å². The van der Waals surface area contributed by atoms with Gasteiger partial charge in [-0.1, -0.05) is 0 Å². The molecule has 2 rings (SSSR count). The SMILES string of the molecule is CCOc1ccc(N)c(S(=O)C(C)C(=O)N2CCCC2)c1. The molecule has 2 unspecified atom stereocenters. The maximum absolute atomic E-state index is 12.6. The van der Waals surface area contributed by atoms with Crippen molar-refractivity contribution in [1.29, 1.82) is 0 Å². The average Bonchev–Trinajstić information content (AvgIpc) is 3.01. The first kappa shape index (κ1) is 15.8. The van der Waals surface area contributed by atoms with E-state index >= 15 is 0 Å². The molecule has 116 valence electrons. The fraction of sp³-hybridized carbons (Fsp3) is 0.533. The molecule has 0 aromatic heterocycles. The molecule has 1 saturated heterocycles. The molecule has 0 saturated carbocycles. The zero-order chi connectivity index (χ0) is 15.4. The van der Waals surface area contributed by atoms with Gasteiger partial charge in [-0.15, -0.1) is 0 Å². The van der Waals surface area contributed by atoms with Crippen LogP contribution in [0.15, 0.2) is 23.1 Å². The number of likely N-dealkylation sites (tertiary alicyclic amines) is 1. The molecular formula is C15H22N2O3S. The van der Waals surface area contributed by atoms with Crippen LogP contribution < -0.4 is 10.5 Å². The van der Waals surface area contributed by atoms with Crippen LogP contribution in [0, 0.1) is 0 Å². The lowest BCUT2D eigenvalue weighted by Gasteiger charge is -2.20. The third-order valence-corrected chi connectivity index (χ3v) is 5.23. The van der Waals surface area contributed by atoms with Crippen molar-refractivity contribution in [2.75, 3.05) is 25.4 Å². The number of carbonyl (C=O) groups is 1. The van der Waals surface area contributed by atoms with Crippen LogP contribution in [0.25, 0.3) is 0 Å². The van der Waals surface area contributed by atoms with E-state index in [0.717, 1.165) is 25.9 Å². The topological polar surface area (TPSA) is 72.6 Å². The van der Waals surface area contributed by atoms with Gasteiger partial charge in [0.25, 0.3) is 0 Å².